The maximum absolute atomic E-state index is 12.2. The summed E-state index contributed by atoms with van der Waals surface area (Å²) in [6.07, 6.45) is 2.72. The van der Waals surface area contributed by atoms with Crippen molar-refractivity contribution < 1.29 is 13.2 Å². The zero-order chi connectivity index (χ0) is 16.1. The van der Waals surface area contributed by atoms with Crippen LogP contribution in [0.15, 0.2) is 0 Å². The number of nitrogens with one attached hydrogen (secondary N) is 1. The molecule has 0 radical (unpaired) electrons. The highest BCUT2D eigenvalue weighted by molar-refractivity contribution is 7.89. The Labute approximate surface area is 140 Å². The van der Waals surface area contributed by atoms with Crippen LogP contribution in [0, 0.1) is 5.92 Å². The SMILES string of the molecule is CCCCS(=O)(=O)N1CCC(C(=O)NC(C)(C)CN)CC1.Cl. The van der Waals surface area contributed by atoms with Gasteiger partial charge in [0.15, 0.2) is 0 Å². The van der Waals surface area contributed by atoms with E-state index in [1.165, 1.54) is 4.31 Å². The molecule has 1 aliphatic rings. The molecule has 1 heterocycles. The first kappa shape index (κ1) is 21.6. The van der Waals surface area contributed by atoms with Crippen LogP contribution in [0.4, 0.5) is 0 Å². The minimum atomic E-state index is -3.15. The minimum absolute atomic E-state index is 0. The fraction of sp³-hybridized carbons (Fsp3) is 0.929. The number of piperidine rings is 1. The molecule has 0 unspecified atom stereocenters. The summed E-state index contributed by atoms with van der Waals surface area (Å²) in [5.74, 6) is 0.0742. The van der Waals surface area contributed by atoms with Gasteiger partial charge >= 0.3 is 0 Å². The summed E-state index contributed by atoms with van der Waals surface area (Å²) in [6, 6.07) is 0. The van der Waals surface area contributed by atoms with E-state index in [1.54, 1.807) is 0 Å². The van der Waals surface area contributed by atoms with E-state index in [2.05, 4.69) is 5.32 Å². The Hall–Kier alpha value is -0.370. The fourth-order valence-corrected chi connectivity index (χ4v) is 4.02. The molecule has 3 N–H and O–H groups in total. The van der Waals surface area contributed by atoms with E-state index in [0.717, 1.165) is 6.42 Å². The van der Waals surface area contributed by atoms with Crippen molar-refractivity contribution in [2.24, 2.45) is 11.7 Å². The average molecular weight is 356 g/mol. The first-order valence-electron chi connectivity index (χ1n) is 7.72. The van der Waals surface area contributed by atoms with Crippen molar-refractivity contribution in [2.45, 2.75) is 52.0 Å². The molecule has 1 saturated heterocycles. The predicted octanol–water partition coefficient (Wildman–Crippen LogP) is 1.10. The van der Waals surface area contributed by atoms with Gasteiger partial charge in [-0.25, -0.2) is 12.7 Å². The second-order valence-corrected chi connectivity index (χ2v) is 8.51. The lowest BCUT2D eigenvalue weighted by molar-refractivity contribution is -0.127. The number of sulfonamides is 1. The smallest absolute Gasteiger partial charge is 0.223 e. The molecule has 1 amide bonds. The normalized spacial score (nSPS) is 17.8. The molecule has 1 fully saturated rings. The average Bonchev–Trinajstić information content (AvgIpc) is 2.45. The van der Waals surface area contributed by atoms with E-state index in [4.69, 9.17) is 5.73 Å². The Morgan fingerprint density at radius 2 is 1.86 bits per heavy atom. The van der Waals surface area contributed by atoms with E-state index < -0.39 is 15.6 Å². The molecule has 22 heavy (non-hydrogen) atoms. The molecule has 0 atom stereocenters. The van der Waals surface area contributed by atoms with Crippen LogP contribution in [-0.2, 0) is 14.8 Å². The van der Waals surface area contributed by atoms with E-state index in [-0.39, 0.29) is 30.0 Å². The number of amides is 1. The van der Waals surface area contributed by atoms with Gasteiger partial charge in [0.05, 0.1) is 5.75 Å². The van der Waals surface area contributed by atoms with Crippen molar-refractivity contribution in [2.75, 3.05) is 25.4 Å². The molecular weight excluding hydrogens is 326 g/mol. The molecule has 0 spiro atoms. The summed E-state index contributed by atoms with van der Waals surface area (Å²) < 4.78 is 25.7. The molecule has 0 aliphatic carbocycles. The summed E-state index contributed by atoms with van der Waals surface area (Å²) in [5.41, 5.74) is 5.19. The summed E-state index contributed by atoms with van der Waals surface area (Å²) >= 11 is 0. The largest absolute Gasteiger partial charge is 0.350 e. The minimum Gasteiger partial charge on any atom is -0.350 e. The highest BCUT2D eigenvalue weighted by Gasteiger charge is 2.32. The Kier molecular flexibility index (Phi) is 8.90. The quantitative estimate of drug-likeness (QED) is 0.715. The molecule has 0 saturated carbocycles. The highest BCUT2D eigenvalue weighted by Crippen LogP contribution is 2.21. The van der Waals surface area contributed by atoms with Gasteiger partial charge in [0.2, 0.25) is 15.9 Å². The maximum atomic E-state index is 12.2. The molecule has 0 bridgehead atoms. The Balaban J connectivity index is 0.00000441. The molecule has 6 nitrogen and oxygen atoms in total. The lowest BCUT2D eigenvalue weighted by Crippen LogP contribution is -2.52. The second-order valence-electron chi connectivity index (χ2n) is 6.42. The van der Waals surface area contributed by atoms with Gasteiger partial charge in [-0.05, 0) is 33.1 Å². The van der Waals surface area contributed by atoms with E-state index in [0.29, 0.717) is 38.9 Å². The number of carbonyl (C=O) groups is 1. The van der Waals surface area contributed by atoms with Gasteiger partial charge in [0.25, 0.3) is 0 Å². The third-order valence-corrected chi connectivity index (χ3v) is 5.90. The summed E-state index contributed by atoms with van der Waals surface area (Å²) in [6.45, 7) is 7.00. The molecule has 8 heteroatoms. The summed E-state index contributed by atoms with van der Waals surface area (Å²) in [7, 11) is -3.15. The predicted molar refractivity (Wildman–Crippen MR) is 91.5 cm³/mol. The van der Waals surface area contributed by atoms with E-state index in [1.807, 2.05) is 20.8 Å². The van der Waals surface area contributed by atoms with Crippen molar-refractivity contribution >= 4 is 28.3 Å². The topological polar surface area (TPSA) is 92.5 Å². The first-order chi connectivity index (χ1) is 9.72. The van der Waals surface area contributed by atoms with Crippen LogP contribution in [-0.4, -0.2) is 49.6 Å². The highest BCUT2D eigenvalue weighted by atomic mass is 35.5. The van der Waals surface area contributed by atoms with Crippen LogP contribution in [0.1, 0.15) is 46.5 Å². The molecule has 1 rings (SSSR count). The number of unbranched alkanes of at least 4 members (excludes halogenated alkanes) is 1. The van der Waals surface area contributed by atoms with Gasteiger partial charge in [-0.3, -0.25) is 4.79 Å². The van der Waals surface area contributed by atoms with Gasteiger partial charge in [-0.15, -0.1) is 12.4 Å². The van der Waals surface area contributed by atoms with Crippen LogP contribution < -0.4 is 11.1 Å². The zero-order valence-electron chi connectivity index (χ0n) is 13.8. The van der Waals surface area contributed by atoms with Crippen molar-refractivity contribution in [3.63, 3.8) is 0 Å². The molecule has 0 aromatic heterocycles. The number of hydrogen-bond acceptors (Lipinski definition) is 4. The van der Waals surface area contributed by atoms with Gasteiger partial charge in [-0.1, -0.05) is 13.3 Å². The Morgan fingerprint density at radius 1 is 1.32 bits per heavy atom. The van der Waals surface area contributed by atoms with Gasteiger partial charge in [0.1, 0.15) is 0 Å². The zero-order valence-corrected chi connectivity index (χ0v) is 15.4. The van der Waals surface area contributed by atoms with Gasteiger partial charge < -0.3 is 11.1 Å². The number of rotatable bonds is 7. The van der Waals surface area contributed by atoms with Crippen LogP contribution in [0.3, 0.4) is 0 Å². The van der Waals surface area contributed by atoms with Crippen molar-refractivity contribution in [3.05, 3.63) is 0 Å². The third kappa shape index (κ3) is 6.40. The Morgan fingerprint density at radius 3 is 2.32 bits per heavy atom. The van der Waals surface area contributed by atoms with Gasteiger partial charge in [0, 0.05) is 31.1 Å². The second kappa shape index (κ2) is 9.05. The number of halogens is 1. The standard InChI is InChI=1S/C14H29N3O3S.ClH/c1-4-5-10-21(19,20)17-8-6-12(7-9-17)13(18)16-14(2,3)11-15;/h12H,4-11,15H2,1-3H3,(H,16,18);1H. The molecule has 0 aromatic carbocycles. The molecular formula is C14H30ClN3O3S. The monoisotopic (exact) mass is 355 g/mol. The van der Waals surface area contributed by atoms with E-state index in [9.17, 15) is 13.2 Å². The number of nitrogens with zero attached hydrogens (tertiary/aromatic N) is 1. The number of nitrogens with two attached hydrogens (primary N) is 1. The number of carbonyl (C=O) groups excluding carboxylic acids is 1. The first-order valence-corrected chi connectivity index (χ1v) is 9.32. The van der Waals surface area contributed by atoms with Crippen molar-refractivity contribution in [1.29, 1.82) is 0 Å². The van der Waals surface area contributed by atoms with Crippen LogP contribution in [0.25, 0.3) is 0 Å². The summed E-state index contributed by atoms with van der Waals surface area (Å²) in [4.78, 5) is 12.2. The summed E-state index contributed by atoms with van der Waals surface area (Å²) in [5, 5.41) is 2.93. The fourth-order valence-electron chi connectivity index (χ4n) is 2.34. The maximum Gasteiger partial charge on any atom is 0.223 e. The van der Waals surface area contributed by atoms with Crippen LogP contribution in [0.5, 0.6) is 0 Å². The molecule has 0 aromatic rings. The van der Waals surface area contributed by atoms with E-state index >= 15 is 0 Å². The lowest BCUT2D eigenvalue weighted by Gasteiger charge is -2.33. The van der Waals surface area contributed by atoms with Crippen LogP contribution in [0.2, 0.25) is 0 Å². The van der Waals surface area contributed by atoms with Crippen LogP contribution >= 0.6 is 12.4 Å². The van der Waals surface area contributed by atoms with Crippen molar-refractivity contribution in [3.8, 4) is 0 Å². The van der Waals surface area contributed by atoms with Crippen molar-refractivity contribution in [1.82, 2.24) is 9.62 Å². The number of hydrogen-bond donors (Lipinski definition) is 2. The van der Waals surface area contributed by atoms with Gasteiger partial charge in [-0.2, -0.15) is 0 Å². The lowest BCUT2D eigenvalue weighted by atomic mass is 9.95. The Bertz CT molecular complexity index is 446. The third-order valence-electron chi connectivity index (χ3n) is 3.95. The molecule has 132 valence electrons. The molecule has 1 aliphatic heterocycles.